The van der Waals surface area contributed by atoms with Crippen LogP contribution in [0.4, 0.5) is 5.82 Å². The van der Waals surface area contributed by atoms with Gasteiger partial charge >= 0.3 is 0 Å². The molecule has 7 heteroatoms. The molecule has 0 bridgehead atoms. The molecule has 5 rings (SSSR count). The molecule has 1 saturated carbocycles. The number of amidine groups is 1. The predicted octanol–water partition coefficient (Wildman–Crippen LogP) is 7.63. The molecule has 1 amide bonds. The lowest BCUT2D eigenvalue weighted by atomic mass is 9.97. The van der Waals surface area contributed by atoms with Crippen LogP contribution in [0, 0.1) is 20.8 Å². The smallest absolute Gasteiger partial charge is 0.256 e. The molecule has 0 radical (unpaired) electrons. The molecule has 1 fully saturated rings. The standard InChI is InChI=1S/C30H36N4O2S/c1-5-6-13-27-31-30(16-9-10-17-30)29(35)34(27)19-23-14-15-24(20(2)18-23)25-11-7-8-12-26(25)37-33-28-21(3)22(4)36-32-28/h7-8,11-12,14-15,18H,5-6,9-10,13,16-17,19H2,1-4H3,(H,32,33). The molecule has 0 unspecified atom stereocenters. The molecule has 1 spiro atoms. The van der Waals surface area contributed by atoms with E-state index in [0.29, 0.717) is 6.54 Å². The van der Waals surface area contributed by atoms with Gasteiger partial charge in [0.05, 0.1) is 6.54 Å². The zero-order valence-electron chi connectivity index (χ0n) is 22.3. The number of aromatic nitrogens is 1. The predicted molar refractivity (Wildman–Crippen MR) is 151 cm³/mol. The van der Waals surface area contributed by atoms with Crippen molar-refractivity contribution in [3.63, 3.8) is 0 Å². The number of aliphatic imine (C=N–C) groups is 1. The number of amides is 1. The maximum absolute atomic E-state index is 13.5. The number of hydrogen-bond donors (Lipinski definition) is 1. The minimum absolute atomic E-state index is 0.212. The Morgan fingerprint density at radius 2 is 1.86 bits per heavy atom. The van der Waals surface area contributed by atoms with E-state index in [1.807, 2.05) is 24.8 Å². The molecule has 2 aliphatic rings. The molecule has 6 nitrogen and oxygen atoms in total. The summed E-state index contributed by atoms with van der Waals surface area (Å²) < 4.78 is 8.63. The van der Waals surface area contributed by atoms with Crippen molar-refractivity contribution in [3.05, 3.63) is 64.9 Å². The van der Waals surface area contributed by atoms with Crippen LogP contribution in [0.5, 0.6) is 0 Å². The monoisotopic (exact) mass is 516 g/mol. The summed E-state index contributed by atoms with van der Waals surface area (Å²) in [4.78, 5) is 21.7. The molecule has 1 aliphatic carbocycles. The molecule has 0 saturated heterocycles. The summed E-state index contributed by atoms with van der Waals surface area (Å²) in [5.41, 5.74) is 5.21. The van der Waals surface area contributed by atoms with Crippen LogP contribution in [0.15, 0.2) is 56.9 Å². The Balaban J connectivity index is 1.36. The topological polar surface area (TPSA) is 70.7 Å². The van der Waals surface area contributed by atoms with Crippen molar-refractivity contribution in [2.45, 2.75) is 89.6 Å². The summed E-state index contributed by atoms with van der Waals surface area (Å²) in [6, 6.07) is 14.9. The van der Waals surface area contributed by atoms with Crippen molar-refractivity contribution < 1.29 is 9.32 Å². The summed E-state index contributed by atoms with van der Waals surface area (Å²) in [6.07, 6.45) is 7.03. The summed E-state index contributed by atoms with van der Waals surface area (Å²) >= 11 is 1.54. The van der Waals surface area contributed by atoms with Gasteiger partial charge in [0, 0.05) is 16.9 Å². The quantitative estimate of drug-likeness (QED) is 0.296. The highest BCUT2D eigenvalue weighted by Gasteiger charge is 2.49. The number of anilines is 1. The second-order valence-corrected chi connectivity index (χ2v) is 11.2. The van der Waals surface area contributed by atoms with Gasteiger partial charge in [0.15, 0.2) is 5.82 Å². The minimum atomic E-state index is -0.484. The summed E-state index contributed by atoms with van der Waals surface area (Å²) in [6.45, 7) is 8.84. The van der Waals surface area contributed by atoms with Crippen LogP contribution in [0.2, 0.25) is 0 Å². The molecule has 3 aromatic rings. The molecule has 194 valence electrons. The van der Waals surface area contributed by atoms with Gasteiger partial charge in [0.25, 0.3) is 5.91 Å². The third kappa shape index (κ3) is 5.06. The number of aryl methyl sites for hydroxylation is 2. The fourth-order valence-corrected chi connectivity index (χ4v) is 6.23. The number of hydrogen-bond acceptors (Lipinski definition) is 6. The average molecular weight is 517 g/mol. The number of carbonyl (C=O) groups excluding carboxylic acids is 1. The van der Waals surface area contributed by atoms with Crippen molar-refractivity contribution in [3.8, 4) is 11.1 Å². The summed E-state index contributed by atoms with van der Waals surface area (Å²) in [5.74, 6) is 2.77. The van der Waals surface area contributed by atoms with Crippen molar-refractivity contribution in [2.75, 3.05) is 4.72 Å². The Bertz CT molecular complexity index is 1320. The fraction of sp³-hybridized carbons (Fsp3) is 0.433. The van der Waals surface area contributed by atoms with Crippen molar-refractivity contribution >= 4 is 29.5 Å². The van der Waals surface area contributed by atoms with Gasteiger partial charge in [-0.25, -0.2) is 0 Å². The molecule has 0 atom stereocenters. The normalized spacial score (nSPS) is 16.6. The highest BCUT2D eigenvalue weighted by atomic mass is 32.2. The van der Waals surface area contributed by atoms with Gasteiger partial charge in [-0.05, 0) is 80.3 Å². The Labute approximate surface area is 224 Å². The van der Waals surface area contributed by atoms with Gasteiger partial charge in [0.1, 0.15) is 17.1 Å². The lowest BCUT2D eigenvalue weighted by Gasteiger charge is -2.23. The highest BCUT2D eigenvalue weighted by molar-refractivity contribution is 8.00. The van der Waals surface area contributed by atoms with Crippen LogP contribution in [-0.4, -0.2) is 27.3 Å². The average Bonchev–Trinajstić information content (AvgIpc) is 3.57. The third-order valence-corrected chi connectivity index (χ3v) is 8.58. The third-order valence-electron chi connectivity index (χ3n) is 7.71. The van der Waals surface area contributed by atoms with E-state index in [9.17, 15) is 4.79 Å². The number of rotatable bonds is 9. The van der Waals surface area contributed by atoms with Crippen LogP contribution < -0.4 is 4.72 Å². The van der Waals surface area contributed by atoms with Gasteiger partial charge in [-0.3, -0.25) is 14.7 Å². The van der Waals surface area contributed by atoms with E-state index in [0.717, 1.165) is 83.9 Å². The van der Waals surface area contributed by atoms with Crippen molar-refractivity contribution in [1.29, 1.82) is 0 Å². The molecule has 2 heterocycles. The molecule has 37 heavy (non-hydrogen) atoms. The number of unbranched alkanes of at least 4 members (excludes halogenated alkanes) is 1. The highest BCUT2D eigenvalue weighted by Crippen LogP contribution is 2.40. The second-order valence-electron chi connectivity index (χ2n) is 10.3. The number of nitrogens with zero attached hydrogens (tertiary/aromatic N) is 3. The first-order valence-electron chi connectivity index (χ1n) is 13.4. The zero-order chi connectivity index (χ0) is 26.0. The maximum Gasteiger partial charge on any atom is 0.256 e. The zero-order valence-corrected chi connectivity index (χ0v) is 23.1. The lowest BCUT2D eigenvalue weighted by molar-refractivity contribution is -0.131. The Kier molecular flexibility index (Phi) is 7.43. The van der Waals surface area contributed by atoms with Crippen LogP contribution >= 0.6 is 11.9 Å². The number of carbonyl (C=O) groups is 1. The molecule has 2 aromatic carbocycles. The van der Waals surface area contributed by atoms with Gasteiger partial charge in [-0.2, -0.15) is 0 Å². The molecule has 1 N–H and O–H groups in total. The summed E-state index contributed by atoms with van der Waals surface area (Å²) in [7, 11) is 0. The SMILES string of the molecule is CCCCC1=NC2(CCCC2)C(=O)N1Cc1ccc(-c2ccccc2SNc2noc(C)c2C)c(C)c1. The van der Waals surface area contributed by atoms with Crippen molar-refractivity contribution in [2.24, 2.45) is 4.99 Å². The van der Waals surface area contributed by atoms with E-state index in [1.165, 1.54) is 23.1 Å². The number of nitrogens with one attached hydrogen (secondary N) is 1. The molecule has 1 aliphatic heterocycles. The van der Waals surface area contributed by atoms with E-state index < -0.39 is 5.54 Å². The summed E-state index contributed by atoms with van der Waals surface area (Å²) in [5, 5.41) is 4.12. The van der Waals surface area contributed by atoms with Gasteiger partial charge in [0.2, 0.25) is 0 Å². The van der Waals surface area contributed by atoms with Crippen LogP contribution in [-0.2, 0) is 11.3 Å². The lowest BCUT2D eigenvalue weighted by Crippen LogP contribution is -2.40. The van der Waals surface area contributed by atoms with Crippen LogP contribution in [0.25, 0.3) is 11.1 Å². The van der Waals surface area contributed by atoms with Gasteiger partial charge < -0.3 is 9.25 Å². The fourth-order valence-electron chi connectivity index (χ4n) is 5.40. The molecule has 1 aromatic heterocycles. The molecular weight excluding hydrogens is 480 g/mol. The second kappa shape index (κ2) is 10.7. The van der Waals surface area contributed by atoms with E-state index in [4.69, 9.17) is 9.52 Å². The van der Waals surface area contributed by atoms with Crippen LogP contribution in [0.1, 0.15) is 74.3 Å². The maximum atomic E-state index is 13.5. The minimum Gasteiger partial charge on any atom is -0.359 e. The Hall–Kier alpha value is -3.06. The van der Waals surface area contributed by atoms with Gasteiger partial charge in [-0.1, -0.05) is 67.7 Å². The Morgan fingerprint density at radius 3 is 2.57 bits per heavy atom. The van der Waals surface area contributed by atoms with Crippen molar-refractivity contribution in [1.82, 2.24) is 10.1 Å². The number of benzene rings is 2. The Morgan fingerprint density at radius 1 is 1.08 bits per heavy atom. The van der Waals surface area contributed by atoms with E-state index in [-0.39, 0.29) is 5.91 Å². The first kappa shape index (κ1) is 25.6. The van der Waals surface area contributed by atoms with Crippen LogP contribution in [0.3, 0.4) is 0 Å². The largest absolute Gasteiger partial charge is 0.359 e. The first-order chi connectivity index (χ1) is 17.9. The van der Waals surface area contributed by atoms with E-state index in [2.05, 4.69) is 60.1 Å². The molecular formula is C30H36N4O2S. The van der Waals surface area contributed by atoms with E-state index in [1.54, 1.807) is 0 Å². The first-order valence-corrected chi connectivity index (χ1v) is 14.2. The van der Waals surface area contributed by atoms with Gasteiger partial charge in [-0.15, -0.1) is 0 Å². The van der Waals surface area contributed by atoms with E-state index >= 15 is 0 Å².